The first-order valence-corrected chi connectivity index (χ1v) is 6.54. The van der Waals surface area contributed by atoms with Gasteiger partial charge in [0.05, 0.1) is 0 Å². The zero-order chi connectivity index (χ0) is 19.2. The van der Waals surface area contributed by atoms with Crippen LogP contribution < -0.4 is 0 Å². The van der Waals surface area contributed by atoms with Gasteiger partial charge in [-0.25, -0.2) is 27.5 Å². The van der Waals surface area contributed by atoms with E-state index in [2.05, 4.69) is 9.97 Å². The van der Waals surface area contributed by atoms with Gasteiger partial charge in [-0.15, -0.1) is 0 Å². The predicted octanol–water partition coefficient (Wildman–Crippen LogP) is 2.83. The highest BCUT2D eigenvalue weighted by molar-refractivity contribution is 5.96. The predicted molar refractivity (Wildman–Crippen MR) is 75.7 cm³/mol. The lowest BCUT2D eigenvalue weighted by Gasteiger charge is -2.09. The van der Waals surface area contributed by atoms with Crippen LogP contribution in [0.5, 0.6) is 0 Å². The van der Waals surface area contributed by atoms with Crippen molar-refractivity contribution in [2.24, 2.45) is 0 Å². The first kappa shape index (κ1) is 16.6. The van der Waals surface area contributed by atoms with Crippen molar-refractivity contribution in [1.82, 2.24) is 9.97 Å². The molecule has 0 saturated carbocycles. The second-order valence-corrected chi connectivity index (χ2v) is 4.82. The van der Waals surface area contributed by atoms with Crippen LogP contribution in [-0.4, -0.2) is 9.97 Å². The van der Waals surface area contributed by atoms with Crippen molar-refractivity contribution in [1.29, 1.82) is 21.0 Å². The number of hydrogen-bond acceptors (Lipinski definition) is 6. The molecule has 26 heavy (non-hydrogen) atoms. The first-order valence-electron chi connectivity index (χ1n) is 6.54. The van der Waals surface area contributed by atoms with Crippen LogP contribution in [0.4, 0.5) is 17.6 Å². The molecule has 0 radical (unpaired) electrons. The summed E-state index contributed by atoms with van der Waals surface area (Å²) in [5.41, 5.74) is -6.22. The summed E-state index contributed by atoms with van der Waals surface area (Å²) in [6, 6.07) is 5.38. The van der Waals surface area contributed by atoms with Crippen molar-refractivity contribution in [3.8, 4) is 24.3 Å². The number of hydrogen-bond donors (Lipinski definition) is 0. The molecule has 0 aliphatic carbocycles. The Morgan fingerprint density at radius 1 is 0.462 bits per heavy atom. The third-order valence-corrected chi connectivity index (χ3v) is 3.55. The van der Waals surface area contributed by atoms with Crippen LogP contribution in [-0.2, 0) is 0 Å². The minimum Gasteiger partial charge on any atom is -0.241 e. The number of fused-ring (bicyclic) bond motifs is 2. The lowest BCUT2D eigenvalue weighted by molar-refractivity contribution is 0.505. The van der Waals surface area contributed by atoms with Gasteiger partial charge >= 0.3 is 0 Å². The molecule has 0 aliphatic rings. The van der Waals surface area contributed by atoms with Crippen molar-refractivity contribution in [3.63, 3.8) is 0 Å². The van der Waals surface area contributed by atoms with Crippen molar-refractivity contribution in [3.05, 3.63) is 45.5 Å². The Balaban J connectivity index is 2.77. The van der Waals surface area contributed by atoms with Gasteiger partial charge < -0.3 is 0 Å². The topological polar surface area (TPSA) is 121 Å². The van der Waals surface area contributed by atoms with Gasteiger partial charge in [0.15, 0.2) is 23.3 Å². The van der Waals surface area contributed by atoms with Gasteiger partial charge in [0.2, 0.25) is 0 Å². The highest BCUT2D eigenvalue weighted by atomic mass is 19.2. The molecule has 3 aromatic rings. The SMILES string of the molecule is N#Cc1c(F)c(F)c(C#N)c2nc3c(C#N)c(F)c(F)c(C#N)c3nc12. The van der Waals surface area contributed by atoms with Crippen molar-refractivity contribution in [2.45, 2.75) is 0 Å². The molecule has 3 rings (SSSR count). The second-order valence-electron chi connectivity index (χ2n) is 4.82. The van der Waals surface area contributed by atoms with E-state index in [-0.39, 0.29) is 0 Å². The average molecular weight is 352 g/mol. The Labute approximate surface area is 141 Å². The molecular formula is C16F4N6. The summed E-state index contributed by atoms with van der Waals surface area (Å²) in [5, 5.41) is 36.2. The molecule has 1 heterocycles. The van der Waals surface area contributed by atoms with Crippen LogP contribution in [0.1, 0.15) is 22.3 Å². The summed E-state index contributed by atoms with van der Waals surface area (Å²) in [6.45, 7) is 0. The lowest BCUT2D eigenvalue weighted by atomic mass is 10.0. The van der Waals surface area contributed by atoms with E-state index >= 15 is 0 Å². The summed E-state index contributed by atoms with van der Waals surface area (Å²) in [5.74, 6) is -6.70. The van der Waals surface area contributed by atoms with Crippen LogP contribution in [0.25, 0.3) is 22.1 Å². The van der Waals surface area contributed by atoms with Crippen LogP contribution in [0.15, 0.2) is 0 Å². The quantitative estimate of drug-likeness (QED) is 0.453. The van der Waals surface area contributed by atoms with E-state index in [1.165, 1.54) is 24.3 Å². The largest absolute Gasteiger partial charge is 0.241 e. The number of halogens is 4. The van der Waals surface area contributed by atoms with Gasteiger partial charge in [-0.2, -0.15) is 21.0 Å². The molecule has 10 heteroatoms. The minimum absolute atomic E-state index is 0.623. The van der Waals surface area contributed by atoms with Gasteiger partial charge in [-0.3, -0.25) is 0 Å². The number of aromatic nitrogens is 2. The van der Waals surface area contributed by atoms with E-state index in [0.29, 0.717) is 0 Å². The molecule has 0 aliphatic heterocycles. The highest BCUT2D eigenvalue weighted by Gasteiger charge is 2.27. The Bertz CT molecular complexity index is 1120. The average Bonchev–Trinajstić information content (AvgIpc) is 2.64. The van der Waals surface area contributed by atoms with Gasteiger partial charge in [-0.05, 0) is 0 Å². The lowest BCUT2D eigenvalue weighted by Crippen LogP contribution is -2.06. The summed E-state index contributed by atoms with van der Waals surface area (Å²) in [4.78, 5) is 7.43. The second kappa shape index (κ2) is 5.66. The number of rotatable bonds is 0. The monoisotopic (exact) mass is 352 g/mol. The van der Waals surface area contributed by atoms with Gasteiger partial charge in [0.1, 0.15) is 68.6 Å². The molecular weight excluding hydrogens is 352 g/mol. The van der Waals surface area contributed by atoms with Gasteiger partial charge in [0, 0.05) is 0 Å². The Kier molecular flexibility index (Phi) is 3.61. The van der Waals surface area contributed by atoms with Crippen molar-refractivity contribution >= 4 is 22.1 Å². The minimum atomic E-state index is -1.67. The van der Waals surface area contributed by atoms with Gasteiger partial charge in [-0.1, -0.05) is 0 Å². The van der Waals surface area contributed by atoms with Crippen molar-refractivity contribution < 1.29 is 17.6 Å². The van der Waals surface area contributed by atoms with E-state index in [0.717, 1.165) is 0 Å². The molecule has 0 saturated heterocycles. The molecule has 1 aromatic heterocycles. The Morgan fingerprint density at radius 3 is 0.808 bits per heavy atom. The summed E-state index contributed by atoms with van der Waals surface area (Å²) >= 11 is 0. The van der Waals surface area contributed by atoms with E-state index < -0.39 is 67.6 Å². The molecule has 122 valence electrons. The molecule has 0 bridgehead atoms. The standard InChI is InChI=1S/C16F4N6/c17-9-5(1-21)13-14(6(2-22)10(9)18)26-16-8(4-24)12(20)11(19)7(3-23)15(16)25-13. The third kappa shape index (κ3) is 1.94. The molecule has 0 atom stereocenters. The maximum Gasteiger partial charge on any atom is 0.180 e. The van der Waals surface area contributed by atoms with E-state index in [9.17, 15) is 17.6 Å². The normalized spacial score (nSPS) is 10.2. The van der Waals surface area contributed by atoms with Crippen molar-refractivity contribution in [2.75, 3.05) is 0 Å². The summed E-state index contributed by atoms with van der Waals surface area (Å²) in [7, 11) is 0. The number of nitriles is 4. The molecule has 0 amide bonds. The zero-order valence-corrected chi connectivity index (χ0v) is 12.2. The Morgan fingerprint density at radius 2 is 0.654 bits per heavy atom. The maximum absolute atomic E-state index is 14.0. The highest BCUT2D eigenvalue weighted by Crippen LogP contribution is 2.31. The van der Waals surface area contributed by atoms with E-state index in [1.807, 2.05) is 0 Å². The molecule has 0 N–H and O–H groups in total. The van der Waals surface area contributed by atoms with E-state index in [1.54, 1.807) is 0 Å². The first-order chi connectivity index (χ1) is 12.4. The van der Waals surface area contributed by atoms with Crippen LogP contribution in [0.3, 0.4) is 0 Å². The van der Waals surface area contributed by atoms with E-state index in [4.69, 9.17) is 21.0 Å². The summed E-state index contributed by atoms with van der Waals surface area (Å²) < 4.78 is 55.9. The van der Waals surface area contributed by atoms with Crippen LogP contribution in [0, 0.1) is 68.6 Å². The number of nitrogens with zero attached hydrogens (tertiary/aromatic N) is 6. The molecule has 0 fully saturated rings. The number of benzene rings is 2. The Hall–Kier alpha value is -4.28. The maximum atomic E-state index is 14.0. The third-order valence-electron chi connectivity index (χ3n) is 3.55. The fourth-order valence-electron chi connectivity index (χ4n) is 2.40. The fourth-order valence-corrected chi connectivity index (χ4v) is 2.40. The van der Waals surface area contributed by atoms with Gasteiger partial charge in [0.25, 0.3) is 0 Å². The molecule has 2 aromatic carbocycles. The zero-order valence-electron chi connectivity index (χ0n) is 12.2. The smallest absolute Gasteiger partial charge is 0.180 e. The fraction of sp³-hybridized carbons (Fsp3) is 0. The van der Waals surface area contributed by atoms with Crippen LogP contribution >= 0.6 is 0 Å². The van der Waals surface area contributed by atoms with Crippen LogP contribution in [0.2, 0.25) is 0 Å². The molecule has 6 nitrogen and oxygen atoms in total. The molecule has 0 unspecified atom stereocenters. The summed E-state index contributed by atoms with van der Waals surface area (Å²) in [6.07, 6.45) is 0. The molecule has 0 spiro atoms.